The Kier molecular flexibility index (Phi) is 8.44. The molecule has 0 spiro atoms. The van der Waals surface area contributed by atoms with E-state index in [1.165, 1.54) is 22.5 Å². The van der Waals surface area contributed by atoms with Crippen LogP contribution in [0.3, 0.4) is 0 Å². The first kappa shape index (κ1) is 24.7. The summed E-state index contributed by atoms with van der Waals surface area (Å²) in [5.74, 6) is -1.39. The van der Waals surface area contributed by atoms with E-state index < -0.39 is 28.5 Å². The number of ether oxygens (including phenoxy) is 1. The van der Waals surface area contributed by atoms with Crippen molar-refractivity contribution in [3.8, 4) is 6.07 Å². The average molecular weight is 490 g/mol. The first-order valence-electron chi connectivity index (χ1n) is 10.5. The molecule has 0 atom stereocenters. The van der Waals surface area contributed by atoms with Gasteiger partial charge in [-0.1, -0.05) is 36.6 Å². The molecule has 1 fully saturated rings. The largest absolute Gasteiger partial charge is 0.452 e. The number of amides is 1. The van der Waals surface area contributed by atoms with Crippen molar-refractivity contribution in [3.63, 3.8) is 0 Å². The van der Waals surface area contributed by atoms with Gasteiger partial charge >= 0.3 is 5.97 Å². The lowest BCUT2D eigenvalue weighted by atomic mass is 10.1. The standard InChI is InChI=1S/C23H24ClN3O5S/c24-20-10-7-18(15-21(20)33(30,31)27-13-3-1-2-4-14-27)23(29)32-16-22(28)26-19-8-5-17(6-9-19)11-12-25/h5-10,15H,1-4,11,13-14,16H2,(H,26,28). The Morgan fingerprint density at radius 3 is 2.36 bits per heavy atom. The van der Waals surface area contributed by atoms with Crippen LogP contribution in [0.25, 0.3) is 0 Å². The minimum atomic E-state index is -3.86. The molecule has 1 heterocycles. The van der Waals surface area contributed by atoms with Crippen LogP contribution in [0.15, 0.2) is 47.4 Å². The van der Waals surface area contributed by atoms with E-state index in [9.17, 15) is 18.0 Å². The Balaban J connectivity index is 1.64. The molecule has 0 aromatic heterocycles. The molecule has 1 amide bonds. The fourth-order valence-electron chi connectivity index (χ4n) is 3.46. The number of nitriles is 1. The Morgan fingerprint density at radius 1 is 1.06 bits per heavy atom. The maximum atomic E-state index is 13.1. The fraction of sp³-hybridized carbons (Fsp3) is 0.348. The average Bonchev–Trinajstić information content (AvgIpc) is 3.09. The number of carbonyl (C=O) groups is 2. The van der Waals surface area contributed by atoms with Crippen molar-refractivity contribution >= 4 is 39.2 Å². The van der Waals surface area contributed by atoms with Crippen molar-refractivity contribution in [2.75, 3.05) is 25.0 Å². The molecule has 33 heavy (non-hydrogen) atoms. The molecule has 1 N–H and O–H groups in total. The van der Waals surface area contributed by atoms with Gasteiger partial charge in [0.15, 0.2) is 6.61 Å². The van der Waals surface area contributed by atoms with Crippen molar-refractivity contribution in [3.05, 3.63) is 58.6 Å². The highest BCUT2D eigenvalue weighted by atomic mass is 35.5. The Bertz CT molecular complexity index is 1150. The number of nitrogens with zero attached hydrogens (tertiary/aromatic N) is 2. The zero-order chi connectivity index (χ0) is 23.8. The molecule has 1 aliphatic heterocycles. The van der Waals surface area contributed by atoms with Gasteiger partial charge in [0.05, 0.1) is 23.1 Å². The van der Waals surface area contributed by atoms with Crippen molar-refractivity contribution < 1.29 is 22.7 Å². The summed E-state index contributed by atoms with van der Waals surface area (Å²) in [7, 11) is -3.86. The molecule has 8 nitrogen and oxygen atoms in total. The molecular weight excluding hydrogens is 466 g/mol. The van der Waals surface area contributed by atoms with Crippen LogP contribution < -0.4 is 5.32 Å². The Labute approximate surface area is 198 Å². The van der Waals surface area contributed by atoms with Crippen LogP contribution in [0, 0.1) is 11.3 Å². The fourth-order valence-corrected chi connectivity index (χ4v) is 5.48. The lowest BCUT2D eigenvalue weighted by Crippen LogP contribution is -2.32. The normalized spacial score (nSPS) is 14.7. The highest BCUT2D eigenvalue weighted by molar-refractivity contribution is 7.89. The number of hydrogen-bond acceptors (Lipinski definition) is 6. The number of benzene rings is 2. The van der Waals surface area contributed by atoms with E-state index in [-0.39, 0.29) is 21.9 Å². The number of anilines is 1. The number of carbonyl (C=O) groups excluding carboxylic acids is 2. The summed E-state index contributed by atoms with van der Waals surface area (Å²) >= 11 is 6.15. The van der Waals surface area contributed by atoms with Crippen LogP contribution in [0.4, 0.5) is 5.69 Å². The Hall–Kier alpha value is -2.93. The lowest BCUT2D eigenvalue weighted by molar-refractivity contribution is -0.119. The van der Waals surface area contributed by atoms with Gasteiger partial charge in [-0.15, -0.1) is 0 Å². The highest BCUT2D eigenvalue weighted by Gasteiger charge is 2.28. The molecule has 0 aliphatic carbocycles. The summed E-state index contributed by atoms with van der Waals surface area (Å²) in [6.07, 6.45) is 3.75. The number of sulfonamides is 1. The van der Waals surface area contributed by atoms with Crippen LogP contribution in [0.5, 0.6) is 0 Å². The lowest BCUT2D eigenvalue weighted by Gasteiger charge is -2.21. The highest BCUT2D eigenvalue weighted by Crippen LogP contribution is 2.28. The number of esters is 1. The van der Waals surface area contributed by atoms with E-state index in [0.29, 0.717) is 18.8 Å². The van der Waals surface area contributed by atoms with Gasteiger partial charge in [0.1, 0.15) is 4.90 Å². The van der Waals surface area contributed by atoms with Crippen molar-refractivity contribution in [1.29, 1.82) is 5.26 Å². The monoisotopic (exact) mass is 489 g/mol. The molecule has 1 saturated heterocycles. The van der Waals surface area contributed by atoms with Crippen LogP contribution in [-0.4, -0.2) is 44.3 Å². The predicted octanol–water partition coefficient (Wildman–Crippen LogP) is 3.77. The molecule has 174 valence electrons. The minimum absolute atomic E-state index is 0.0125. The van der Waals surface area contributed by atoms with Crippen molar-refractivity contribution in [2.45, 2.75) is 37.0 Å². The Morgan fingerprint density at radius 2 is 1.73 bits per heavy atom. The molecule has 0 saturated carbocycles. The first-order chi connectivity index (χ1) is 15.8. The summed E-state index contributed by atoms with van der Waals surface area (Å²) in [6.45, 7) is 0.269. The van der Waals surface area contributed by atoms with Crippen LogP contribution in [-0.2, 0) is 26.0 Å². The topological polar surface area (TPSA) is 117 Å². The smallest absolute Gasteiger partial charge is 0.338 e. The molecule has 2 aromatic carbocycles. The van der Waals surface area contributed by atoms with E-state index in [4.69, 9.17) is 21.6 Å². The summed E-state index contributed by atoms with van der Waals surface area (Å²) in [6, 6.07) is 12.6. The molecule has 2 aromatic rings. The number of hydrogen-bond donors (Lipinski definition) is 1. The minimum Gasteiger partial charge on any atom is -0.452 e. The van der Waals surface area contributed by atoms with Gasteiger partial charge in [-0.3, -0.25) is 4.79 Å². The van der Waals surface area contributed by atoms with Gasteiger partial charge in [0.2, 0.25) is 10.0 Å². The maximum Gasteiger partial charge on any atom is 0.338 e. The molecule has 1 aliphatic rings. The zero-order valence-electron chi connectivity index (χ0n) is 17.9. The number of rotatable bonds is 7. The molecule has 0 radical (unpaired) electrons. The maximum absolute atomic E-state index is 13.1. The second-order valence-electron chi connectivity index (χ2n) is 7.62. The van der Waals surface area contributed by atoms with Gasteiger partial charge in [0.25, 0.3) is 5.91 Å². The summed E-state index contributed by atoms with van der Waals surface area (Å²) in [5, 5.41) is 11.3. The van der Waals surface area contributed by atoms with E-state index in [2.05, 4.69) is 5.32 Å². The van der Waals surface area contributed by atoms with Crippen molar-refractivity contribution in [2.24, 2.45) is 0 Å². The first-order valence-corrected chi connectivity index (χ1v) is 12.4. The van der Waals surface area contributed by atoms with Gasteiger partial charge in [-0.25, -0.2) is 13.2 Å². The summed E-state index contributed by atoms with van der Waals surface area (Å²) < 4.78 is 32.6. The molecular formula is C23H24ClN3O5S. The quantitative estimate of drug-likeness (QED) is 0.592. The zero-order valence-corrected chi connectivity index (χ0v) is 19.5. The molecule has 0 unspecified atom stereocenters. The van der Waals surface area contributed by atoms with E-state index in [1.807, 2.05) is 6.07 Å². The second-order valence-corrected chi connectivity index (χ2v) is 9.93. The molecule has 10 heteroatoms. The number of nitrogens with one attached hydrogen (secondary N) is 1. The van der Waals surface area contributed by atoms with Gasteiger partial charge in [-0.2, -0.15) is 9.57 Å². The van der Waals surface area contributed by atoms with E-state index in [1.54, 1.807) is 24.3 Å². The SMILES string of the molecule is N#CCc1ccc(NC(=O)COC(=O)c2ccc(Cl)c(S(=O)(=O)N3CCCCCC3)c2)cc1. The predicted molar refractivity (Wildman–Crippen MR) is 123 cm³/mol. The van der Waals surface area contributed by atoms with E-state index >= 15 is 0 Å². The van der Waals surface area contributed by atoms with Gasteiger partial charge in [0, 0.05) is 18.8 Å². The van der Waals surface area contributed by atoms with Gasteiger partial charge in [-0.05, 0) is 48.7 Å². The third kappa shape index (κ3) is 6.54. The van der Waals surface area contributed by atoms with Crippen LogP contribution in [0.2, 0.25) is 5.02 Å². The van der Waals surface area contributed by atoms with Crippen molar-refractivity contribution in [1.82, 2.24) is 4.31 Å². The van der Waals surface area contributed by atoms with E-state index in [0.717, 1.165) is 31.2 Å². The van der Waals surface area contributed by atoms with Gasteiger partial charge < -0.3 is 10.1 Å². The van der Waals surface area contributed by atoms with Crippen LogP contribution >= 0.6 is 11.6 Å². The van der Waals surface area contributed by atoms with Crippen LogP contribution in [0.1, 0.15) is 41.6 Å². The summed E-state index contributed by atoms with van der Waals surface area (Å²) in [4.78, 5) is 24.4. The third-order valence-corrected chi connectivity index (χ3v) is 7.59. The molecule has 0 bridgehead atoms. The number of halogens is 1. The third-order valence-electron chi connectivity index (χ3n) is 5.20. The molecule has 3 rings (SSSR count). The second kappa shape index (κ2) is 11.3. The summed E-state index contributed by atoms with van der Waals surface area (Å²) in [5.41, 5.74) is 1.30.